The SMILES string of the molecule is CCc1cc(/C(=C/C(=N)N)NC)cc2cnc(N(C(=O)OC(C)(C)C)C3CCC(N(C(=O)OC(C)(C)C)C(=O)OC(C)(C)C)CC3)nc12. The minimum Gasteiger partial charge on any atom is -0.443 e. The van der Waals surface area contributed by atoms with Crippen LogP contribution in [0, 0.1) is 5.41 Å². The second-order valence-electron chi connectivity index (χ2n) is 15.0. The molecule has 0 radical (unpaired) electrons. The van der Waals surface area contributed by atoms with Crippen LogP contribution in [0.25, 0.3) is 16.6 Å². The van der Waals surface area contributed by atoms with Crippen molar-refractivity contribution in [2.75, 3.05) is 11.9 Å². The van der Waals surface area contributed by atoms with Gasteiger partial charge in [0.1, 0.15) is 22.6 Å². The molecule has 0 unspecified atom stereocenters. The number of hydrogen-bond donors (Lipinski definition) is 3. The number of imide groups is 1. The predicted molar refractivity (Wildman–Crippen MR) is 187 cm³/mol. The second-order valence-corrected chi connectivity index (χ2v) is 15.0. The molecule has 0 bridgehead atoms. The van der Waals surface area contributed by atoms with Crippen LogP contribution in [-0.4, -0.2) is 74.9 Å². The minimum atomic E-state index is -0.814. The normalized spacial score (nSPS) is 17.4. The van der Waals surface area contributed by atoms with Crippen molar-refractivity contribution in [3.63, 3.8) is 0 Å². The number of carbonyl (C=O) groups is 3. The van der Waals surface area contributed by atoms with Gasteiger partial charge in [-0.15, -0.1) is 0 Å². The molecule has 1 aromatic carbocycles. The predicted octanol–water partition coefficient (Wildman–Crippen LogP) is 6.91. The molecule has 0 aliphatic heterocycles. The van der Waals surface area contributed by atoms with E-state index in [4.69, 9.17) is 30.3 Å². The van der Waals surface area contributed by atoms with Crippen LogP contribution < -0.4 is 16.0 Å². The molecule has 1 heterocycles. The van der Waals surface area contributed by atoms with Crippen molar-refractivity contribution >= 4 is 46.7 Å². The number of amidine groups is 1. The summed E-state index contributed by atoms with van der Waals surface area (Å²) in [4.78, 5) is 52.5. The monoisotopic (exact) mass is 667 g/mol. The van der Waals surface area contributed by atoms with Gasteiger partial charge in [0.2, 0.25) is 5.95 Å². The summed E-state index contributed by atoms with van der Waals surface area (Å²) < 4.78 is 17.0. The van der Waals surface area contributed by atoms with E-state index in [0.29, 0.717) is 43.3 Å². The van der Waals surface area contributed by atoms with E-state index < -0.39 is 41.1 Å². The number of benzene rings is 1. The summed E-state index contributed by atoms with van der Waals surface area (Å²) in [5.74, 6) is 0.124. The van der Waals surface area contributed by atoms with Gasteiger partial charge in [-0.3, -0.25) is 5.41 Å². The number of nitrogens with one attached hydrogen (secondary N) is 2. The summed E-state index contributed by atoms with van der Waals surface area (Å²) in [7, 11) is 1.76. The third kappa shape index (κ3) is 10.3. The summed E-state index contributed by atoms with van der Waals surface area (Å²) in [6.07, 6.45) is 3.42. The van der Waals surface area contributed by atoms with Crippen LogP contribution in [0.15, 0.2) is 24.4 Å². The molecule has 48 heavy (non-hydrogen) atoms. The number of amides is 3. The van der Waals surface area contributed by atoms with E-state index in [1.165, 1.54) is 4.90 Å². The topological polar surface area (TPSA) is 173 Å². The number of ether oxygens (including phenoxy) is 3. The standard InChI is InChI=1S/C35H53N7O6/c1-12-21-17-22(26(38-11)19-27(36)37)18-23-20-39-29(40-28(21)23)41(30(43)46-33(2,3)4)24-13-15-25(16-14-24)42(31(44)47-34(5,6)7)32(45)48-35(8,9)10/h17-20,24-25,38H,12-16H2,1-11H3,(H3,36,37)/b26-19-. The molecule has 3 rings (SSSR count). The minimum absolute atomic E-state index is 0.0767. The summed E-state index contributed by atoms with van der Waals surface area (Å²) in [6, 6.07) is 3.02. The second kappa shape index (κ2) is 14.8. The Morgan fingerprint density at radius 1 is 0.896 bits per heavy atom. The average molecular weight is 668 g/mol. The summed E-state index contributed by atoms with van der Waals surface area (Å²) >= 11 is 0. The van der Waals surface area contributed by atoms with E-state index in [0.717, 1.165) is 21.4 Å². The van der Waals surface area contributed by atoms with Gasteiger partial charge < -0.3 is 25.3 Å². The Bertz CT molecular complexity index is 1520. The fourth-order valence-electron chi connectivity index (χ4n) is 5.48. The maximum atomic E-state index is 13.8. The highest BCUT2D eigenvalue weighted by atomic mass is 16.6. The lowest BCUT2D eigenvalue weighted by atomic mass is 9.89. The molecule has 0 saturated heterocycles. The van der Waals surface area contributed by atoms with Crippen LogP contribution in [0.1, 0.15) is 106 Å². The van der Waals surface area contributed by atoms with Crippen molar-refractivity contribution in [1.82, 2.24) is 20.2 Å². The molecule has 0 spiro atoms. The zero-order valence-electron chi connectivity index (χ0n) is 30.3. The van der Waals surface area contributed by atoms with Gasteiger partial charge in [-0.1, -0.05) is 6.92 Å². The maximum Gasteiger partial charge on any atom is 0.420 e. The van der Waals surface area contributed by atoms with Gasteiger partial charge >= 0.3 is 18.3 Å². The molecule has 3 amide bonds. The van der Waals surface area contributed by atoms with Crippen molar-refractivity contribution in [2.24, 2.45) is 5.73 Å². The van der Waals surface area contributed by atoms with Gasteiger partial charge in [-0.05, 0) is 118 Å². The molecule has 264 valence electrons. The van der Waals surface area contributed by atoms with Gasteiger partial charge in [0.05, 0.1) is 5.52 Å². The number of carbonyl (C=O) groups excluding carboxylic acids is 3. The van der Waals surface area contributed by atoms with Crippen LogP contribution in [0.4, 0.5) is 20.3 Å². The van der Waals surface area contributed by atoms with E-state index >= 15 is 0 Å². The number of aromatic nitrogens is 2. The molecule has 1 aliphatic rings. The van der Waals surface area contributed by atoms with E-state index in [2.05, 4.69) is 10.3 Å². The Morgan fingerprint density at radius 3 is 1.85 bits per heavy atom. The molecule has 2 aromatic rings. The van der Waals surface area contributed by atoms with Gasteiger partial charge in [0.25, 0.3) is 0 Å². The highest BCUT2D eigenvalue weighted by Crippen LogP contribution is 2.33. The molecular weight excluding hydrogens is 614 g/mol. The smallest absolute Gasteiger partial charge is 0.420 e. The average Bonchev–Trinajstić information content (AvgIpc) is 2.93. The van der Waals surface area contributed by atoms with Crippen molar-refractivity contribution in [2.45, 2.75) is 130 Å². The third-order valence-corrected chi connectivity index (χ3v) is 7.39. The quantitative estimate of drug-likeness (QED) is 0.160. The zero-order valence-corrected chi connectivity index (χ0v) is 30.3. The lowest BCUT2D eigenvalue weighted by Gasteiger charge is -2.39. The number of hydrogen-bond acceptors (Lipinski definition) is 10. The van der Waals surface area contributed by atoms with Crippen molar-refractivity contribution in [1.29, 1.82) is 5.41 Å². The number of fused-ring (bicyclic) bond motifs is 1. The van der Waals surface area contributed by atoms with Crippen molar-refractivity contribution in [3.8, 4) is 0 Å². The molecule has 0 atom stereocenters. The van der Waals surface area contributed by atoms with Gasteiger partial charge in [0.15, 0.2) is 0 Å². The zero-order chi connectivity index (χ0) is 36.2. The fraction of sp³-hybridized carbons (Fsp3) is 0.600. The summed E-state index contributed by atoms with van der Waals surface area (Å²) in [5, 5.41) is 11.6. The highest BCUT2D eigenvalue weighted by Gasteiger charge is 2.41. The van der Waals surface area contributed by atoms with E-state index in [-0.39, 0.29) is 17.8 Å². The third-order valence-electron chi connectivity index (χ3n) is 7.39. The van der Waals surface area contributed by atoms with Gasteiger partial charge in [-0.25, -0.2) is 34.2 Å². The van der Waals surface area contributed by atoms with Crippen LogP contribution in [0.5, 0.6) is 0 Å². The van der Waals surface area contributed by atoms with E-state index in [9.17, 15) is 14.4 Å². The highest BCUT2D eigenvalue weighted by molar-refractivity contribution is 5.97. The van der Waals surface area contributed by atoms with Crippen molar-refractivity contribution in [3.05, 3.63) is 35.5 Å². The molecule has 4 N–H and O–H groups in total. The number of nitrogens with two attached hydrogens (primary N) is 1. The first-order valence-corrected chi connectivity index (χ1v) is 16.4. The Hall–Kier alpha value is -4.42. The summed E-state index contributed by atoms with van der Waals surface area (Å²) in [5.41, 5.74) is 6.36. The van der Waals surface area contributed by atoms with Crippen LogP contribution in [0.2, 0.25) is 0 Å². The summed E-state index contributed by atoms with van der Waals surface area (Å²) in [6.45, 7) is 17.9. The molecular formula is C35H53N7O6. The molecule has 1 saturated carbocycles. The van der Waals surface area contributed by atoms with Gasteiger partial charge in [0, 0.05) is 42.5 Å². The number of anilines is 1. The first-order chi connectivity index (χ1) is 22.1. The number of aryl methyl sites for hydroxylation is 1. The molecule has 1 fully saturated rings. The van der Waals surface area contributed by atoms with Crippen LogP contribution in [0.3, 0.4) is 0 Å². The van der Waals surface area contributed by atoms with Crippen LogP contribution >= 0.6 is 0 Å². The largest absolute Gasteiger partial charge is 0.443 e. The maximum absolute atomic E-state index is 13.8. The van der Waals surface area contributed by atoms with E-state index in [1.807, 2.05) is 19.1 Å². The fourth-order valence-corrected chi connectivity index (χ4v) is 5.48. The Morgan fingerprint density at radius 2 is 1.40 bits per heavy atom. The number of nitrogens with zero attached hydrogens (tertiary/aromatic N) is 4. The molecule has 1 aliphatic carbocycles. The Balaban J connectivity index is 2.01. The Labute approximate surface area is 284 Å². The van der Waals surface area contributed by atoms with Crippen molar-refractivity contribution < 1.29 is 28.6 Å². The van der Waals surface area contributed by atoms with E-state index in [1.54, 1.807) is 81.6 Å². The van der Waals surface area contributed by atoms with Gasteiger partial charge in [-0.2, -0.15) is 0 Å². The molecule has 13 nitrogen and oxygen atoms in total. The first-order valence-electron chi connectivity index (χ1n) is 16.4. The molecule has 1 aromatic heterocycles. The number of rotatable bonds is 7. The molecule has 13 heteroatoms. The lowest BCUT2D eigenvalue weighted by molar-refractivity contribution is -0.0115. The lowest BCUT2D eigenvalue weighted by Crippen LogP contribution is -2.52. The van der Waals surface area contributed by atoms with Crippen LogP contribution in [-0.2, 0) is 20.6 Å². The first kappa shape index (κ1) is 38.0. The Kier molecular flexibility index (Phi) is 11.7.